The molecule has 6 nitrogen and oxygen atoms in total. The molecule has 0 spiro atoms. The summed E-state index contributed by atoms with van der Waals surface area (Å²) >= 11 is 0. The van der Waals surface area contributed by atoms with E-state index in [2.05, 4.69) is 15.7 Å². The van der Waals surface area contributed by atoms with E-state index in [1.165, 1.54) is 32.4 Å². The Labute approximate surface area is 138 Å². The summed E-state index contributed by atoms with van der Waals surface area (Å²) in [5.74, 6) is 0.967. The molecule has 6 heteroatoms. The maximum Gasteiger partial charge on any atom is 0.410 e. The SMILES string of the molecule is CC(C)(C)OC(=O)N1CCn2cc(CN3CCCCC3)nc2C1. The summed E-state index contributed by atoms with van der Waals surface area (Å²) in [7, 11) is 0. The van der Waals surface area contributed by atoms with Gasteiger partial charge in [0.05, 0.1) is 12.2 Å². The zero-order valence-corrected chi connectivity index (χ0v) is 14.5. The molecule has 2 aliphatic rings. The van der Waals surface area contributed by atoms with Gasteiger partial charge >= 0.3 is 6.09 Å². The molecule has 3 heterocycles. The van der Waals surface area contributed by atoms with E-state index in [0.717, 1.165) is 24.6 Å². The topological polar surface area (TPSA) is 50.6 Å². The smallest absolute Gasteiger partial charge is 0.410 e. The van der Waals surface area contributed by atoms with Crippen LogP contribution in [0.4, 0.5) is 4.79 Å². The lowest BCUT2D eigenvalue weighted by atomic mass is 10.1. The van der Waals surface area contributed by atoms with Gasteiger partial charge in [-0.05, 0) is 46.7 Å². The molecule has 23 heavy (non-hydrogen) atoms. The molecule has 0 radical (unpaired) electrons. The van der Waals surface area contributed by atoms with Crippen LogP contribution in [0, 0.1) is 0 Å². The van der Waals surface area contributed by atoms with Crippen LogP contribution in [0.2, 0.25) is 0 Å². The Morgan fingerprint density at radius 3 is 2.61 bits per heavy atom. The summed E-state index contributed by atoms with van der Waals surface area (Å²) in [5.41, 5.74) is 0.663. The normalized spacial score (nSPS) is 19.5. The van der Waals surface area contributed by atoms with Crippen LogP contribution in [-0.2, 0) is 24.4 Å². The van der Waals surface area contributed by atoms with Crippen LogP contribution >= 0.6 is 0 Å². The Bertz CT molecular complexity index is 555. The number of amides is 1. The summed E-state index contributed by atoms with van der Waals surface area (Å²) in [6.07, 6.45) is 5.83. The highest BCUT2D eigenvalue weighted by Gasteiger charge is 2.27. The van der Waals surface area contributed by atoms with E-state index in [1.54, 1.807) is 4.90 Å². The van der Waals surface area contributed by atoms with Gasteiger partial charge in [-0.1, -0.05) is 6.42 Å². The summed E-state index contributed by atoms with van der Waals surface area (Å²) in [6.45, 7) is 11.0. The third kappa shape index (κ3) is 4.25. The van der Waals surface area contributed by atoms with Gasteiger partial charge in [0.1, 0.15) is 11.4 Å². The second-order valence-corrected chi connectivity index (χ2v) is 7.58. The van der Waals surface area contributed by atoms with Crippen molar-refractivity contribution >= 4 is 6.09 Å². The van der Waals surface area contributed by atoms with Crippen LogP contribution in [-0.4, -0.2) is 50.7 Å². The molecular formula is C17H28N4O2. The van der Waals surface area contributed by atoms with E-state index in [9.17, 15) is 4.79 Å². The fraction of sp³-hybridized carbons (Fsp3) is 0.765. The molecule has 128 valence electrons. The second kappa shape index (κ2) is 6.51. The van der Waals surface area contributed by atoms with Gasteiger partial charge in [-0.25, -0.2) is 9.78 Å². The number of rotatable bonds is 2. The molecule has 3 rings (SSSR count). The molecule has 0 bridgehead atoms. The largest absolute Gasteiger partial charge is 0.444 e. The molecule has 0 aliphatic carbocycles. The van der Waals surface area contributed by atoms with Gasteiger partial charge in [-0.3, -0.25) is 9.80 Å². The summed E-state index contributed by atoms with van der Waals surface area (Å²) < 4.78 is 7.64. The number of carbonyl (C=O) groups is 1. The molecule has 0 aromatic carbocycles. The van der Waals surface area contributed by atoms with Gasteiger partial charge in [0.2, 0.25) is 0 Å². The number of piperidine rings is 1. The minimum Gasteiger partial charge on any atom is -0.444 e. The van der Waals surface area contributed by atoms with E-state index in [0.29, 0.717) is 13.1 Å². The van der Waals surface area contributed by atoms with Crippen LogP contribution in [0.5, 0.6) is 0 Å². The van der Waals surface area contributed by atoms with Gasteiger partial charge in [-0.2, -0.15) is 0 Å². The molecular weight excluding hydrogens is 292 g/mol. The summed E-state index contributed by atoms with van der Waals surface area (Å²) in [5, 5.41) is 0. The maximum absolute atomic E-state index is 12.2. The van der Waals surface area contributed by atoms with E-state index in [-0.39, 0.29) is 6.09 Å². The van der Waals surface area contributed by atoms with Crippen molar-refractivity contribution in [1.82, 2.24) is 19.4 Å². The maximum atomic E-state index is 12.2. The van der Waals surface area contributed by atoms with Crippen molar-refractivity contribution in [3.8, 4) is 0 Å². The van der Waals surface area contributed by atoms with Crippen molar-refractivity contribution in [2.45, 2.75) is 65.3 Å². The van der Waals surface area contributed by atoms with E-state index >= 15 is 0 Å². The number of ether oxygens (including phenoxy) is 1. The number of imidazole rings is 1. The zero-order valence-electron chi connectivity index (χ0n) is 14.5. The number of hydrogen-bond acceptors (Lipinski definition) is 4. The molecule has 2 aliphatic heterocycles. The monoisotopic (exact) mass is 320 g/mol. The number of aromatic nitrogens is 2. The fourth-order valence-electron chi connectivity index (χ4n) is 3.22. The molecule has 1 fully saturated rings. The first-order chi connectivity index (χ1) is 10.9. The highest BCUT2D eigenvalue weighted by atomic mass is 16.6. The lowest BCUT2D eigenvalue weighted by Crippen LogP contribution is -2.41. The van der Waals surface area contributed by atoms with Crippen molar-refractivity contribution in [2.24, 2.45) is 0 Å². The predicted molar refractivity (Wildman–Crippen MR) is 88.0 cm³/mol. The number of fused-ring (bicyclic) bond motifs is 1. The average molecular weight is 320 g/mol. The quantitative estimate of drug-likeness (QED) is 0.840. The minimum atomic E-state index is -0.455. The summed E-state index contributed by atoms with van der Waals surface area (Å²) in [6, 6.07) is 0. The van der Waals surface area contributed by atoms with Crippen LogP contribution < -0.4 is 0 Å². The zero-order chi connectivity index (χ0) is 16.4. The van der Waals surface area contributed by atoms with Gasteiger partial charge in [0.15, 0.2) is 0 Å². The number of carbonyl (C=O) groups excluding carboxylic acids is 1. The van der Waals surface area contributed by atoms with Gasteiger partial charge in [0, 0.05) is 25.8 Å². The Hall–Kier alpha value is -1.56. The molecule has 0 saturated carbocycles. The van der Waals surface area contributed by atoms with Gasteiger partial charge in [-0.15, -0.1) is 0 Å². The lowest BCUT2D eigenvalue weighted by molar-refractivity contribution is 0.0195. The van der Waals surface area contributed by atoms with Crippen molar-refractivity contribution in [3.05, 3.63) is 17.7 Å². The minimum absolute atomic E-state index is 0.246. The molecule has 0 unspecified atom stereocenters. The highest BCUT2D eigenvalue weighted by molar-refractivity contribution is 5.68. The van der Waals surface area contributed by atoms with Gasteiger partial charge < -0.3 is 9.30 Å². The van der Waals surface area contributed by atoms with E-state index in [4.69, 9.17) is 9.72 Å². The van der Waals surface area contributed by atoms with Crippen LogP contribution in [0.3, 0.4) is 0 Å². The molecule has 1 saturated heterocycles. The first-order valence-corrected chi connectivity index (χ1v) is 8.66. The first kappa shape index (κ1) is 16.3. The first-order valence-electron chi connectivity index (χ1n) is 8.66. The standard InChI is InChI=1S/C17H28N4O2/c1-17(2,3)23-16(22)21-10-9-20-12-14(18-15(20)13-21)11-19-7-5-4-6-8-19/h12H,4-11,13H2,1-3H3. The summed E-state index contributed by atoms with van der Waals surface area (Å²) in [4.78, 5) is 21.2. The number of hydrogen-bond donors (Lipinski definition) is 0. The predicted octanol–water partition coefficient (Wildman–Crippen LogP) is 2.62. The molecule has 1 aromatic rings. The molecule has 1 amide bonds. The van der Waals surface area contributed by atoms with Crippen molar-refractivity contribution in [1.29, 1.82) is 0 Å². The van der Waals surface area contributed by atoms with Crippen LogP contribution in [0.1, 0.15) is 51.6 Å². The average Bonchev–Trinajstić information content (AvgIpc) is 2.87. The van der Waals surface area contributed by atoms with E-state index in [1.807, 2.05) is 20.8 Å². The van der Waals surface area contributed by atoms with Crippen LogP contribution in [0.25, 0.3) is 0 Å². The van der Waals surface area contributed by atoms with Gasteiger partial charge in [0.25, 0.3) is 0 Å². The Kier molecular flexibility index (Phi) is 4.62. The van der Waals surface area contributed by atoms with Crippen molar-refractivity contribution in [2.75, 3.05) is 19.6 Å². The third-order valence-corrected chi connectivity index (χ3v) is 4.34. The Morgan fingerprint density at radius 2 is 1.91 bits per heavy atom. The highest BCUT2D eigenvalue weighted by Crippen LogP contribution is 2.18. The fourth-order valence-corrected chi connectivity index (χ4v) is 3.22. The van der Waals surface area contributed by atoms with Crippen LogP contribution in [0.15, 0.2) is 6.20 Å². The van der Waals surface area contributed by atoms with Crippen molar-refractivity contribution < 1.29 is 9.53 Å². The number of likely N-dealkylation sites (tertiary alicyclic amines) is 1. The van der Waals surface area contributed by atoms with Crippen molar-refractivity contribution in [3.63, 3.8) is 0 Å². The molecule has 0 N–H and O–H groups in total. The number of nitrogens with zero attached hydrogens (tertiary/aromatic N) is 4. The Balaban J connectivity index is 1.61. The second-order valence-electron chi connectivity index (χ2n) is 7.58. The molecule has 0 atom stereocenters. The Morgan fingerprint density at radius 1 is 1.17 bits per heavy atom. The third-order valence-electron chi connectivity index (χ3n) is 4.34. The lowest BCUT2D eigenvalue weighted by Gasteiger charge is -2.30. The van der Waals surface area contributed by atoms with E-state index < -0.39 is 5.60 Å². The molecule has 1 aromatic heterocycles.